The first-order valence-electron chi connectivity index (χ1n) is 6.62. The predicted molar refractivity (Wildman–Crippen MR) is 70.5 cm³/mol. The maximum Gasteiger partial charge on any atom is 0.0889 e. The van der Waals surface area contributed by atoms with Crippen molar-refractivity contribution in [3.63, 3.8) is 0 Å². The second kappa shape index (κ2) is 9.83. The van der Waals surface area contributed by atoms with Gasteiger partial charge in [0.15, 0.2) is 0 Å². The van der Waals surface area contributed by atoms with Gasteiger partial charge in [0.1, 0.15) is 0 Å². The largest absolute Gasteiger partial charge is 0.380 e. The van der Waals surface area contributed by atoms with Gasteiger partial charge in [0, 0.05) is 13.2 Å². The van der Waals surface area contributed by atoms with Crippen LogP contribution in [0.15, 0.2) is 0 Å². The molecule has 0 aliphatic heterocycles. The molecule has 0 aromatic rings. The van der Waals surface area contributed by atoms with E-state index in [1.807, 2.05) is 27.7 Å². The summed E-state index contributed by atoms with van der Waals surface area (Å²) in [5, 5.41) is 3.45. The molecule has 0 radical (unpaired) electrons. The summed E-state index contributed by atoms with van der Waals surface area (Å²) < 4.78 is 16.8. The highest BCUT2D eigenvalue weighted by Gasteiger charge is 2.30. The molecule has 17 heavy (non-hydrogen) atoms. The van der Waals surface area contributed by atoms with Gasteiger partial charge in [-0.25, -0.2) is 0 Å². The van der Waals surface area contributed by atoms with Crippen molar-refractivity contribution in [3.8, 4) is 0 Å². The first-order valence-corrected chi connectivity index (χ1v) is 6.62. The first-order chi connectivity index (χ1) is 8.10. The summed E-state index contributed by atoms with van der Waals surface area (Å²) in [6.45, 7) is 14.3. The van der Waals surface area contributed by atoms with E-state index >= 15 is 0 Å². The Balaban J connectivity index is 4.43. The van der Waals surface area contributed by atoms with Gasteiger partial charge in [-0.15, -0.1) is 0 Å². The highest BCUT2D eigenvalue weighted by Crippen LogP contribution is 2.10. The SMILES string of the molecule is CCNC(COCC)(COCC)COC(C)C. The number of nitrogens with one attached hydrogen (secondary N) is 1. The van der Waals surface area contributed by atoms with Crippen molar-refractivity contribution in [3.05, 3.63) is 0 Å². The molecule has 4 heteroatoms. The van der Waals surface area contributed by atoms with Crippen molar-refractivity contribution in [1.29, 1.82) is 0 Å². The summed E-state index contributed by atoms with van der Waals surface area (Å²) in [4.78, 5) is 0. The van der Waals surface area contributed by atoms with Gasteiger partial charge >= 0.3 is 0 Å². The van der Waals surface area contributed by atoms with Gasteiger partial charge in [-0.05, 0) is 34.2 Å². The van der Waals surface area contributed by atoms with Crippen LogP contribution in [0.3, 0.4) is 0 Å². The van der Waals surface area contributed by atoms with Gasteiger partial charge in [-0.3, -0.25) is 0 Å². The first kappa shape index (κ1) is 16.8. The van der Waals surface area contributed by atoms with Crippen molar-refractivity contribution < 1.29 is 14.2 Å². The Morgan fingerprint density at radius 1 is 0.941 bits per heavy atom. The minimum absolute atomic E-state index is 0.219. The van der Waals surface area contributed by atoms with E-state index in [0.717, 1.165) is 6.54 Å². The second-order valence-corrected chi connectivity index (χ2v) is 4.44. The number of ether oxygens (including phenoxy) is 3. The Bertz CT molecular complexity index is 166. The zero-order valence-electron chi connectivity index (χ0n) is 12.0. The fourth-order valence-corrected chi connectivity index (χ4v) is 1.57. The van der Waals surface area contributed by atoms with Gasteiger partial charge in [0.05, 0.1) is 31.5 Å². The number of hydrogen-bond donors (Lipinski definition) is 1. The Kier molecular flexibility index (Phi) is 9.74. The molecule has 0 aliphatic rings. The molecule has 0 atom stereocenters. The standard InChI is InChI=1S/C13H29NO3/c1-6-14-13(9-15-7-2,10-16-8-3)11-17-12(4)5/h12,14H,6-11H2,1-5H3. The molecule has 0 heterocycles. The summed E-state index contributed by atoms with van der Waals surface area (Å²) in [5.41, 5.74) is -0.231. The van der Waals surface area contributed by atoms with E-state index in [1.165, 1.54) is 0 Å². The van der Waals surface area contributed by atoms with E-state index in [1.54, 1.807) is 0 Å². The van der Waals surface area contributed by atoms with Crippen molar-refractivity contribution in [2.45, 2.75) is 46.3 Å². The lowest BCUT2D eigenvalue weighted by Crippen LogP contribution is -2.56. The Hall–Kier alpha value is -0.160. The third-order valence-electron chi connectivity index (χ3n) is 2.41. The van der Waals surface area contributed by atoms with Gasteiger partial charge in [-0.2, -0.15) is 0 Å². The van der Waals surface area contributed by atoms with Crippen molar-refractivity contribution >= 4 is 0 Å². The molecule has 0 fully saturated rings. The summed E-state index contributed by atoms with van der Waals surface area (Å²) in [6, 6.07) is 0. The second-order valence-electron chi connectivity index (χ2n) is 4.44. The van der Waals surface area contributed by atoms with Crippen molar-refractivity contribution in [1.82, 2.24) is 5.32 Å². The maximum atomic E-state index is 5.73. The highest BCUT2D eigenvalue weighted by atomic mass is 16.5. The third kappa shape index (κ3) is 7.71. The van der Waals surface area contributed by atoms with Crippen LogP contribution in [0.2, 0.25) is 0 Å². The summed E-state index contributed by atoms with van der Waals surface area (Å²) in [6.07, 6.45) is 0.219. The molecule has 0 aromatic heterocycles. The molecule has 0 saturated carbocycles. The number of rotatable bonds is 11. The van der Waals surface area contributed by atoms with E-state index < -0.39 is 0 Å². The third-order valence-corrected chi connectivity index (χ3v) is 2.41. The molecule has 0 aliphatic carbocycles. The van der Waals surface area contributed by atoms with Crippen LogP contribution in [0, 0.1) is 0 Å². The summed E-state index contributed by atoms with van der Waals surface area (Å²) in [5.74, 6) is 0. The normalized spacial score (nSPS) is 12.4. The monoisotopic (exact) mass is 247 g/mol. The Morgan fingerprint density at radius 2 is 1.47 bits per heavy atom. The number of hydrogen-bond acceptors (Lipinski definition) is 4. The topological polar surface area (TPSA) is 39.7 Å². The lowest BCUT2D eigenvalue weighted by molar-refractivity contribution is -0.0490. The van der Waals surface area contributed by atoms with Gasteiger partial charge in [0.2, 0.25) is 0 Å². The smallest absolute Gasteiger partial charge is 0.0889 e. The van der Waals surface area contributed by atoms with E-state index in [2.05, 4.69) is 12.2 Å². The molecule has 0 unspecified atom stereocenters. The Morgan fingerprint density at radius 3 is 1.82 bits per heavy atom. The molecule has 0 bridgehead atoms. The minimum Gasteiger partial charge on any atom is -0.380 e. The molecule has 1 N–H and O–H groups in total. The summed E-state index contributed by atoms with van der Waals surface area (Å²) >= 11 is 0. The van der Waals surface area contributed by atoms with E-state index in [-0.39, 0.29) is 11.6 Å². The van der Waals surface area contributed by atoms with Crippen LogP contribution in [-0.4, -0.2) is 51.2 Å². The predicted octanol–water partition coefficient (Wildman–Crippen LogP) is 1.83. The molecule has 0 amide bonds. The molecular formula is C13H29NO3. The van der Waals surface area contributed by atoms with Crippen LogP contribution in [-0.2, 0) is 14.2 Å². The fraction of sp³-hybridized carbons (Fsp3) is 1.00. The molecular weight excluding hydrogens is 218 g/mol. The van der Waals surface area contributed by atoms with Crippen molar-refractivity contribution in [2.24, 2.45) is 0 Å². The van der Waals surface area contributed by atoms with E-state index in [9.17, 15) is 0 Å². The lowest BCUT2D eigenvalue weighted by Gasteiger charge is -2.34. The van der Waals surface area contributed by atoms with Crippen molar-refractivity contribution in [2.75, 3.05) is 39.6 Å². The molecule has 0 saturated heterocycles. The number of likely N-dealkylation sites (N-methyl/N-ethyl adjacent to an activating group) is 1. The summed E-state index contributed by atoms with van der Waals surface area (Å²) in [7, 11) is 0. The zero-order chi connectivity index (χ0) is 13.1. The molecule has 0 spiro atoms. The minimum atomic E-state index is -0.231. The van der Waals surface area contributed by atoms with E-state index in [4.69, 9.17) is 14.2 Å². The van der Waals surface area contributed by atoms with Crippen LogP contribution >= 0.6 is 0 Å². The zero-order valence-corrected chi connectivity index (χ0v) is 12.0. The van der Waals surface area contributed by atoms with Gasteiger partial charge in [0.25, 0.3) is 0 Å². The van der Waals surface area contributed by atoms with Gasteiger partial charge < -0.3 is 19.5 Å². The van der Waals surface area contributed by atoms with Crippen LogP contribution in [0.1, 0.15) is 34.6 Å². The van der Waals surface area contributed by atoms with Crippen LogP contribution in [0.25, 0.3) is 0 Å². The van der Waals surface area contributed by atoms with E-state index in [0.29, 0.717) is 33.0 Å². The molecule has 104 valence electrons. The average molecular weight is 247 g/mol. The molecule has 0 rings (SSSR count). The quantitative estimate of drug-likeness (QED) is 0.605. The van der Waals surface area contributed by atoms with Crippen LogP contribution in [0.5, 0.6) is 0 Å². The molecule has 0 aromatic carbocycles. The maximum absolute atomic E-state index is 5.73. The van der Waals surface area contributed by atoms with Gasteiger partial charge in [-0.1, -0.05) is 6.92 Å². The average Bonchev–Trinajstić information content (AvgIpc) is 2.31. The fourth-order valence-electron chi connectivity index (χ4n) is 1.57. The van der Waals surface area contributed by atoms with Crippen LogP contribution in [0.4, 0.5) is 0 Å². The van der Waals surface area contributed by atoms with Crippen LogP contribution < -0.4 is 5.32 Å². The molecule has 4 nitrogen and oxygen atoms in total. The Labute approximate surface area is 106 Å². The highest BCUT2D eigenvalue weighted by molar-refractivity contribution is 4.88. The lowest BCUT2D eigenvalue weighted by atomic mass is 10.0.